The highest BCUT2D eigenvalue weighted by molar-refractivity contribution is 7.09. The Labute approximate surface area is 107 Å². The molecule has 1 aromatic rings. The van der Waals surface area contributed by atoms with Crippen molar-refractivity contribution < 1.29 is 0 Å². The van der Waals surface area contributed by atoms with E-state index in [4.69, 9.17) is 11.1 Å². The number of nitrogens with one attached hydrogen (secondary N) is 1. The van der Waals surface area contributed by atoms with Crippen LogP contribution in [-0.2, 0) is 0 Å². The zero-order chi connectivity index (χ0) is 13.0. The van der Waals surface area contributed by atoms with Crippen LogP contribution in [0.4, 0.5) is 5.13 Å². The molecule has 5 nitrogen and oxygen atoms in total. The van der Waals surface area contributed by atoms with Crippen LogP contribution < -0.4 is 10.6 Å². The van der Waals surface area contributed by atoms with E-state index in [1.54, 1.807) is 0 Å². The van der Waals surface area contributed by atoms with Crippen molar-refractivity contribution in [1.82, 2.24) is 9.36 Å². The average Bonchev–Trinajstić information content (AvgIpc) is 2.74. The Morgan fingerprint density at radius 2 is 2.12 bits per heavy atom. The van der Waals surface area contributed by atoms with Gasteiger partial charge in [-0.15, -0.1) is 0 Å². The van der Waals surface area contributed by atoms with Gasteiger partial charge in [0.1, 0.15) is 5.82 Å². The number of aromatic nitrogens is 2. The number of hydrogen-bond acceptors (Lipinski definition) is 5. The molecule has 1 heterocycles. The van der Waals surface area contributed by atoms with Crippen LogP contribution in [0.2, 0.25) is 0 Å². The van der Waals surface area contributed by atoms with E-state index >= 15 is 0 Å². The van der Waals surface area contributed by atoms with Crippen LogP contribution in [0.5, 0.6) is 0 Å². The molecule has 0 radical (unpaired) electrons. The summed E-state index contributed by atoms with van der Waals surface area (Å²) in [5.74, 6) is 1.50. The summed E-state index contributed by atoms with van der Waals surface area (Å²) < 4.78 is 4.34. The van der Waals surface area contributed by atoms with E-state index in [-0.39, 0.29) is 11.8 Å². The number of rotatable bonds is 6. The molecule has 0 amide bonds. The molecule has 0 saturated carbocycles. The summed E-state index contributed by atoms with van der Waals surface area (Å²) in [7, 11) is 0. The molecule has 6 heteroatoms. The van der Waals surface area contributed by atoms with Crippen LogP contribution in [-0.4, -0.2) is 28.3 Å². The highest BCUT2D eigenvalue weighted by atomic mass is 32.1. The first-order valence-electron chi connectivity index (χ1n) is 5.88. The van der Waals surface area contributed by atoms with E-state index in [9.17, 15) is 0 Å². The van der Waals surface area contributed by atoms with Crippen LogP contribution in [0, 0.1) is 11.3 Å². The van der Waals surface area contributed by atoms with E-state index in [0.29, 0.717) is 5.92 Å². The van der Waals surface area contributed by atoms with Crippen LogP contribution in [0.3, 0.4) is 0 Å². The third-order valence-electron chi connectivity index (χ3n) is 2.62. The average molecular weight is 255 g/mol. The Balaban J connectivity index is 2.75. The van der Waals surface area contributed by atoms with Crippen molar-refractivity contribution in [2.24, 2.45) is 11.7 Å². The van der Waals surface area contributed by atoms with Crippen LogP contribution in [0.15, 0.2) is 0 Å². The Morgan fingerprint density at radius 3 is 2.53 bits per heavy atom. The minimum Gasteiger partial charge on any atom is -0.387 e. The highest BCUT2D eigenvalue weighted by Crippen LogP contribution is 2.21. The van der Waals surface area contributed by atoms with Crippen LogP contribution in [0.1, 0.15) is 39.4 Å². The van der Waals surface area contributed by atoms with E-state index < -0.39 is 0 Å². The molecule has 3 N–H and O–H groups in total. The number of nitrogens with zero attached hydrogens (tertiary/aromatic N) is 3. The second-order valence-electron chi connectivity index (χ2n) is 4.48. The molecular formula is C11H21N5S. The second-order valence-corrected chi connectivity index (χ2v) is 5.22. The van der Waals surface area contributed by atoms with Crippen molar-refractivity contribution in [3.8, 4) is 0 Å². The van der Waals surface area contributed by atoms with E-state index in [1.807, 2.05) is 6.92 Å². The van der Waals surface area contributed by atoms with Crippen molar-refractivity contribution in [3.63, 3.8) is 0 Å². The minimum atomic E-state index is 0.0429. The highest BCUT2D eigenvalue weighted by Gasteiger charge is 2.16. The molecular weight excluding hydrogens is 234 g/mol. The fraction of sp³-hybridized carbons (Fsp3) is 0.727. The van der Waals surface area contributed by atoms with Gasteiger partial charge in [-0.2, -0.15) is 4.37 Å². The van der Waals surface area contributed by atoms with Crippen molar-refractivity contribution in [1.29, 1.82) is 5.41 Å². The number of anilines is 1. The third kappa shape index (κ3) is 3.66. The molecule has 1 aromatic heterocycles. The summed E-state index contributed by atoms with van der Waals surface area (Å²) in [6.45, 7) is 9.77. The maximum Gasteiger partial charge on any atom is 0.205 e. The van der Waals surface area contributed by atoms with Gasteiger partial charge in [-0.1, -0.05) is 20.8 Å². The molecule has 0 bridgehead atoms. The number of amidine groups is 1. The van der Waals surface area contributed by atoms with Crippen molar-refractivity contribution >= 4 is 22.5 Å². The Kier molecular flexibility index (Phi) is 4.86. The van der Waals surface area contributed by atoms with Gasteiger partial charge in [0.05, 0.1) is 5.84 Å². The summed E-state index contributed by atoms with van der Waals surface area (Å²) in [6, 6.07) is 0. The number of nitrogens with two attached hydrogens (primary N) is 1. The topological polar surface area (TPSA) is 78.9 Å². The van der Waals surface area contributed by atoms with E-state index in [0.717, 1.165) is 24.0 Å². The molecule has 17 heavy (non-hydrogen) atoms. The molecule has 0 aliphatic heterocycles. The van der Waals surface area contributed by atoms with Gasteiger partial charge in [-0.3, -0.25) is 5.41 Å². The predicted molar refractivity (Wildman–Crippen MR) is 73.0 cm³/mol. The van der Waals surface area contributed by atoms with E-state index in [2.05, 4.69) is 35.0 Å². The SMILES string of the molecule is CCN(CC(C)C(=N)N)c1nc(C(C)C)ns1. The largest absolute Gasteiger partial charge is 0.387 e. The fourth-order valence-corrected chi connectivity index (χ4v) is 2.24. The van der Waals surface area contributed by atoms with Gasteiger partial charge in [-0.05, 0) is 6.92 Å². The summed E-state index contributed by atoms with van der Waals surface area (Å²) >= 11 is 1.42. The lowest BCUT2D eigenvalue weighted by Gasteiger charge is -2.22. The summed E-state index contributed by atoms with van der Waals surface area (Å²) in [5.41, 5.74) is 5.49. The predicted octanol–water partition coefficient (Wildman–Crippen LogP) is 2.06. The quantitative estimate of drug-likeness (QED) is 0.602. The summed E-state index contributed by atoms with van der Waals surface area (Å²) in [6.07, 6.45) is 0. The Morgan fingerprint density at radius 1 is 1.47 bits per heavy atom. The monoisotopic (exact) mass is 255 g/mol. The van der Waals surface area contributed by atoms with Gasteiger partial charge in [0.15, 0.2) is 0 Å². The van der Waals surface area contributed by atoms with Gasteiger partial charge >= 0.3 is 0 Å². The van der Waals surface area contributed by atoms with E-state index in [1.165, 1.54) is 11.5 Å². The molecule has 0 aliphatic rings. The van der Waals surface area contributed by atoms with Crippen molar-refractivity contribution in [2.75, 3.05) is 18.0 Å². The maximum absolute atomic E-state index is 7.42. The lowest BCUT2D eigenvalue weighted by atomic mass is 10.1. The van der Waals surface area contributed by atoms with Gasteiger partial charge in [0.25, 0.3) is 0 Å². The molecule has 0 fully saturated rings. The maximum atomic E-state index is 7.42. The Hall–Kier alpha value is -1.17. The lowest BCUT2D eigenvalue weighted by Crippen LogP contribution is -2.34. The molecule has 0 aromatic carbocycles. The Bertz CT molecular complexity index is 374. The molecule has 0 spiro atoms. The molecule has 1 rings (SSSR count). The fourth-order valence-electron chi connectivity index (χ4n) is 1.36. The summed E-state index contributed by atoms with van der Waals surface area (Å²) in [4.78, 5) is 6.64. The minimum absolute atomic E-state index is 0.0429. The van der Waals surface area contributed by atoms with Gasteiger partial charge < -0.3 is 10.6 Å². The first-order chi connectivity index (χ1) is 7.95. The van der Waals surface area contributed by atoms with Gasteiger partial charge in [0, 0.05) is 36.5 Å². The first kappa shape index (κ1) is 13.9. The zero-order valence-electron chi connectivity index (χ0n) is 10.9. The second kappa shape index (κ2) is 5.95. The lowest BCUT2D eigenvalue weighted by molar-refractivity contribution is 0.692. The first-order valence-corrected chi connectivity index (χ1v) is 6.65. The normalized spacial score (nSPS) is 12.8. The smallest absolute Gasteiger partial charge is 0.205 e. The van der Waals surface area contributed by atoms with Crippen molar-refractivity contribution in [3.05, 3.63) is 5.82 Å². The molecule has 1 unspecified atom stereocenters. The molecule has 0 saturated heterocycles. The standard InChI is InChI=1S/C11H21N5S/c1-5-16(6-8(4)9(12)13)11-14-10(7(2)3)15-17-11/h7-8H,5-6H2,1-4H3,(H3,12,13). The van der Waals surface area contributed by atoms with Crippen LogP contribution >= 0.6 is 11.5 Å². The van der Waals surface area contributed by atoms with Gasteiger partial charge in [-0.25, -0.2) is 4.98 Å². The summed E-state index contributed by atoms with van der Waals surface area (Å²) in [5, 5.41) is 8.34. The molecule has 0 aliphatic carbocycles. The molecule has 96 valence electrons. The molecule has 1 atom stereocenters. The number of hydrogen-bond donors (Lipinski definition) is 2. The third-order valence-corrected chi connectivity index (χ3v) is 3.42. The van der Waals surface area contributed by atoms with Crippen molar-refractivity contribution in [2.45, 2.75) is 33.6 Å². The van der Waals surface area contributed by atoms with Gasteiger partial charge in [0.2, 0.25) is 5.13 Å². The zero-order valence-corrected chi connectivity index (χ0v) is 11.7. The van der Waals surface area contributed by atoms with Crippen LogP contribution in [0.25, 0.3) is 0 Å².